The number of aliphatic hydroxyl groups is 1. The fraction of sp³-hybridized carbons (Fsp3) is 0.636. The van der Waals surface area contributed by atoms with E-state index in [9.17, 15) is 27.9 Å². The van der Waals surface area contributed by atoms with Gasteiger partial charge in [-0.2, -0.15) is 13.2 Å². The Balaban J connectivity index is 1.69. The first-order valence-electron chi connectivity index (χ1n) is 11.0. The number of nitrogens with two attached hydrogens (primary N) is 1. The average Bonchev–Trinajstić information content (AvgIpc) is 3.21. The van der Waals surface area contributed by atoms with Crippen LogP contribution in [0.5, 0.6) is 0 Å². The van der Waals surface area contributed by atoms with Gasteiger partial charge in [-0.1, -0.05) is 36.9 Å². The summed E-state index contributed by atoms with van der Waals surface area (Å²) in [7, 11) is 0. The van der Waals surface area contributed by atoms with Crippen LogP contribution in [-0.4, -0.2) is 46.7 Å². The number of hydrogen-bond donors (Lipinski definition) is 3. The lowest BCUT2D eigenvalue weighted by atomic mass is 9.85. The summed E-state index contributed by atoms with van der Waals surface area (Å²) in [5.74, 6) is -1.42. The molecular formula is C22H29ClF3N3O3. The van der Waals surface area contributed by atoms with Crippen LogP contribution >= 0.6 is 11.6 Å². The van der Waals surface area contributed by atoms with Crippen molar-refractivity contribution >= 4 is 23.4 Å². The second-order valence-corrected chi connectivity index (χ2v) is 9.12. The Morgan fingerprint density at radius 3 is 2.53 bits per heavy atom. The number of carbonyl (C=O) groups is 2. The van der Waals surface area contributed by atoms with Crippen LogP contribution in [0.4, 0.5) is 13.2 Å². The zero-order valence-corrected chi connectivity index (χ0v) is 18.5. The summed E-state index contributed by atoms with van der Waals surface area (Å²) < 4.78 is 39.6. The molecule has 3 atom stereocenters. The van der Waals surface area contributed by atoms with E-state index in [-0.39, 0.29) is 28.6 Å². The van der Waals surface area contributed by atoms with Crippen molar-refractivity contribution in [2.45, 2.75) is 75.9 Å². The molecule has 1 aromatic rings. The van der Waals surface area contributed by atoms with Crippen LogP contribution in [0.15, 0.2) is 18.2 Å². The van der Waals surface area contributed by atoms with Crippen LogP contribution in [0.3, 0.4) is 0 Å². The van der Waals surface area contributed by atoms with E-state index >= 15 is 0 Å². The number of carbonyl (C=O) groups excluding carboxylic acids is 2. The molecule has 2 amide bonds. The topological polar surface area (TPSA) is 95.7 Å². The molecular weight excluding hydrogens is 447 g/mol. The Morgan fingerprint density at radius 1 is 1.19 bits per heavy atom. The minimum absolute atomic E-state index is 0.0388. The van der Waals surface area contributed by atoms with Crippen LogP contribution in [-0.2, 0) is 16.1 Å². The van der Waals surface area contributed by atoms with Gasteiger partial charge in [0.05, 0.1) is 6.04 Å². The average molecular weight is 476 g/mol. The maximum absolute atomic E-state index is 13.2. The minimum atomic E-state index is -4.62. The largest absolute Gasteiger partial charge is 0.407 e. The number of nitrogens with one attached hydrogen (secondary N) is 1. The molecule has 0 spiro atoms. The zero-order valence-electron chi connectivity index (χ0n) is 17.7. The van der Waals surface area contributed by atoms with Crippen molar-refractivity contribution in [2.75, 3.05) is 6.54 Å². The number of likely N-dealkylation sites (tertiary alicyclic amines) is 1. The lowest BCUT2D eigenvalue weighted by molar-refractivity contribution is -0.149. The number of rotatable bonds is 6. The molecule has 32 heavy (non-hydrogen) atoms. The molecule has 0 radical (unpaired) electrons. The molecule has 1 heterocycles. The van der Waals surface area contributed by atoms with Crippen molar-refractivity contribution in [3.05, 3.63) is 34.3 Å². The van der Waals surface area contributed by atoms with Crippen LogP contribution < -0.4 is 11.1 Å². The highest BCUT2D eigenvalue weighted by Crippen LogP contribution is 2.34. The highest BCUT2D eigenvalue weighted by molar-refractivity contribution is 6.30. The van der Waals surface area contributed by atoms with Gasteiger partial charge in [-0.15, -0.1) is 0 Å². The van der Waals surface area contributed by atoms with Crippen LogP contribution in [0.1, 0.15) is 62.1 Å². The number of aliphatic hydroxyl groups excluding tert-OH is 1. The minimum Gasteiger partial charge on any atom is -0.383 e. The third-order valence-electron chi connectivity index (χ3n) is 6.44. The molecule has 0 bridgehead atoms. The van der Waals surface area contributed by atoms with Gasteiger partial charge in [-0.3, -0.25) is 19.8 Å². The summed E-state index contributed by atoms with van der Waals surface area (Å²) in [6.07, 6.45) is -0.291. The monoisotopic (exact) mass is 475 g/mol. The van der Waals surface area contributed by atoms with E-state index in [1.165, 1.54) is 18.2 Å². The molecule has 1 unspecified atom stereocenters. The van der Waals surface area contributed by atoms with Gasteiger partial charge in [0.25, 0.3) is 5.91 Å². The zero-order chi connectivity index (χ0) is 23.5. The summed E-state index contributed by atoms with van der Waals surface area (Å²) in [5, 5.41) is 12.9. The van der Waals surface area contributed by atoms with Crippen molar-refractivity contribution < 1.29 is 27.9 Å². The van der Waals surface area contributed by atoms with E-state index in [1.54, 1.807) is 4.90 Å². The van der Waals surface area contributed by atoms with E-state index in [2.05, 4.69) is 5.32 Å². The van der Waals surface area contributed by atoms with E-state index in [0.29, 0.717) is 19.4 Å². The van der Waals surface area contributed by atoms with Gasteiger partial charge in [-0.05, 0) is 61.4 Å². The van der Waals surface area contributed by atoms with Gasteiger partial charge in [0.2, 0.25) is 5.91 Å². The summed E-state index contributed by atoms with van der Waals surface area (Å²) in [5.41, 5.74) is 5.61. The quantitative estimate of drug-likeness (QED) is 0.585. The molecule has 2 fully saturated rings. The lowest BCUT2D eigenvalue weighted by Crippen LogP contribution is -2.49. The number of halogens is 4. The molecule has 1 aliphatic carbocycles. The van der Waals surface area contributed by atoms with E-state index in [4.69, 9.17) is 17.3 Å². The molecule has 10 heteroatoms. The highest BCUT2D eigenvalue weighted by atomic mass is 35.5. The molecule has 4 N–H and O–H groups in total. The normalized spacial score (nSPS) is 22.5. The smallest absolute Gasteiger partial charge is 0.383 e. The summed E-state index contributed by atoms with van der Waals surface area (Å²) in [6.45, 7) is 0.516. The van der Waals surface area contributed by atoms with Gasteiger partial charge in [-0.25, -0.2) is 0 Å². The maximum atomic E-state index is 13.2. The predicted molar refractivity (Wildman–Crippen MR) is 114 cm³/mol. The Kier molecular flexibility index (Phi) is 8.19. The molecule has 0 aromatic heterocycles. The second-order valence-electron chi connectivity index (χ2n) is 8.69. The number of amides is 2. The second kappa shape index (κ2) is 10.5. The molecule has 3 rings (SSSR count). The lowest BCUT2D eigenvalue weighted by Gasteiger charge is -2.28. The molecule has 1 aliphatic heterocycles. The van der Waals surface area contributed by atoms with Crippen LogP contribution in [0, 0.1) is 5.92 Å². The highest BCUT2D eigenvalue weighted by Gasteiger charge is 2.40. The standard InChI is InChI=1S/C22H29ClF3N3O3/c23-15-8-9-16(19(27)22(24,25)26)14(11-15)12-29-10-4-7-17(29)20(31)28-21(32)18(30)13-5-2-1-3-6-13/h8-9,11,13,17-19,30H,1-7,10,12,27H2,(H,28,31,32)/t17-,18+,19?/m0/s1. The van der Waals surface area contributed by atoms with Crippen molar-refractivity contribution in [1.29, 1.82) is 0 Å². The molecule has 1 aromatic carbocycles. The summed E-state index contributed by atoms with van der Waals surface area (Å²) >= 11 is 6.01. The van der Waals surface area contributed by atoms with Gasteiger partial charge in [0.1, 0.15) is 12.1 Å². The van der Waals surface area contributed by atoms with E-state index in [0.717, 1.165) is 32.1 Å². The number of imide groups is 1. The van der Waals surface area contributed by atoms with E-state index < -0.39 is 36.2 Å². The number of nitrogens with zero attached hydrogens (tertiary/aromatic N) is 1. The van der Waals surface area contributed by atoms with Gasteiger partial charge in [0, 0.05) is 11.6 Å². The number of benzene rings is 1. The molecule has 1 saturated carbocycles. The Bertz CT molecular complexity index is 830. The van der Waals surface area contributed by atoms with Crippen molar-refractivity contribution in [2.24, 2.45) is 11.7 Å². The van der Waals surface area contributed by atoms with Gasteiger partial charge >= 0.3 is 6.18 Å². The molecule has 1 saturated heterocycles. The third kappa shape index (κ3) is 6.01. The molecule has 178 valence electrons. The molecule has 2 aliphatic rings. The summed E-state index contributed by atoms with van der Waals surface area (Å²) in [4.78, 5) is 26.9. The Hall–Kier alpha value is -1.68. The van der Waals surface area contributed by atoms with Gasteiger partial charge < -0.3 is 10.8 Å². The van der Waals surface area contributed by atoms with Crippen molar-refractivity contribution in [3.63, 3.8) is 0 Å². The SMILES string of the molecule is NC(c1ccc(Cl)cc1CN1CCC[C@H]1C(=O)NC(=O)[C@H](O)C1CCCCC1)C(F)(F)F. The molecule has 6 nitrogen and oxygen atoms in total. The number of hydrogen-bond acceptors (Lipinski definition) is 5. The third-order valence-corrected chi connectivity index (χ3v) is 6.68. The number of alkyl halides is 3. The maximum Gasteiger partial charge on any atom is 0.407 e. The Labute approximate surface area is 190 Å². The van der Waals surface area contributed by atoms with Crippen LogP contribution in [0.2, 0.25) is 5.02 Å². The first kappa shape index (κ1) is 25.0. The predicted octanol–water partition coefficient (Wildman–Crippen LogP) is 3.45. The fourth-order valence-electron chi connectivity index (χ4n) is 4.66. The fourth-order valence-corrected chi connectivity index (χ4v) is 4.86. The first-order chi connectivity index (χ1) is 15.1. The van der Waals surface area contributed by atoms with Crippen LogP contribution in [0.25, 0.3) is 0 Å². The van der Waals surface area contributed by atoms with Crippen molar-refractivity contribution in [1.82, 2.24) is 10.2 Å². The van der Waals surface area contributed by atoms with Gasteiger partial charge in [0.15, 0.2) is 0 Å². The van der Waals surface area contributed by atoms with E-state index in [1.807, 2.05) is 0 Å². The Morgan fingerprint density at radius 2 is 1.88 bits per heavy atom. The van der Waals surface area contributed by atoms with Crippen molar-refractivity contribution in [3.8, 4) is 0 Å². The first-order valence-corrected chi connectivity index (χ1v) is 11.3. The summed E-state index contributed by atoms with van der Waals surface area (Å²) in [6, 6.07) is 1.17.